The minimum Gasteiger partial charge on any atom is -0.495 e. The second-order valence-electron chi connectivity index (χ2n) is 5.01. The van der Waals surface area contributed by atoms with E-state index >= 15 is 0 Å². The molecule has 0 unspecified atom stereocenters. The number of hydrogen-bond acceptors (Lipinski definition) is 5. The zero-order valence-corrected chi connectivity index (χ0v) is 13.7. The Balaban J connectivity index is 2.38. The summed E-state index contributed by atoms with van der Waals surface area (Å²) in [7, 11) is -2.55. The first-order valence-corrected chi connectivity index (χ1v) is 8.63. The summed E-state index contributed by atoms with van der Waals surface area (Å²) in [4.78, 5) is 8.36. The fraction of sp³-hybridized carbons (Fsp3) is 0.0588. The number of hydrogen-bond donors (Lipinski definition) is 1. The van der Waals surface area contributed by atoms with Crippen molar-refractivity contribution < 1.29 is 13.2 Å². The maximum Gasteiger partial charge on any atom is 0.256 e. The van der Waals surface area contributed by atoms with Gasteiger partial charge in [0.25, 0.3) is 10.0 Å². The van der Waals surface area contributed by atoms with Gasteiger partial charge in [-0.25, -0.2) is 18.5 Å². The molecule has 0 saturated heterocycles. The molecule has 0 amide bonds. The van der Waals surface area contributed by atoms with Crippen LogP contribution < -0.4 is 9.88 Å². The van der Waals surface area contributed by atoms with Crippen molar-refractivity contribution in [2.24, 2.45) is 5.14 Å². The van der Waals surface area contributed by atoms with Crippen LogP contribution in [0.1, 0.15) is 0 Å². The van der Waals surface area contributed by atoms with Gasteiger partial charge in [-0.05, 0) is 17.7 Å². The highest BCUT2D eigenvalue weighted by Gasteiger charge is 2.24. The van der Waals surface area contributed by atoms with Crippen LogP contribution in [-0.4, -0.2) is 25.5 Å². The van der Waals surface area contributed by atoms with E-state index in [1.165, 1.54) is 13.3 Å². The fourth-order valence-electron chi connectivity index (χ4n) is 2.47. The number of nitrogens with zero attached hydrogens (tertiary/aromatic N) is 2. The summed E-state index contributed by atoms with van der Waals surface area (Å²) in [6, 6.07) is 14.4. The van der Waals surface area contributed by atoms with Crippen molar-refractivity contribution in [3.05, 3.63) is 60.9 Å². The van der Waals surface area contributed by atoms with Gasteiger partial charge in [0.15, 0.2) is 5.03 Å². The van der Waals surface area contributed by atoms with Crippen LogP contribution in [0.25, 0.3) is 22.4 Å². The lowest BCUT2D eigenvalue weighted by atomic mass is 10.0. The van der Waals surface area contributed by atoms with Crippen LogP contribution in [0.2, 0.25) is 0 Å². The first-order valence-electron chi connectivity index (χ1n) is 7.09. The molecule has 2 heterocycles. The molecule has 0 atom stereocenters. The van der Waals surface area contributed by atoms with Crippen molar-refractivity contribution in [2.75, 3.05) is 7.11 Å². The van der Waals surface area contributed by atoms with E-state index in [9.17, 15) is 8.42 Å². The van der Waals surface area contributed by atoms with Crippen molar-refractivity contribution in [1.29, 1.82) is 0 Å². The van der Waals surface area contributed by atoms with Gasteiger partial charge in [-0.2, -0.15) is 0 Å². The van der Waals surface area contributed by atoms with Crippen LogP contribution in [-0.2, 0) is 10.0 Å². The van der Waals surface area contributed by atoms with Crippen LogP contribution >= 0.6 is 0 Å². The van der Waals surface area contributed by atoms with Crippen molar-refractivity contribution >= 4 is 10.0 Å². The average molecular weight is 341 g/mol. The normalized spacial score (nSPS) is 11.2. The maximum absolute atomic E-state index is 12.0. The highest BCUT2D eigenvalue weighted by molar-refractivity contribution is 7.89. The molecule has 2 N–H and O–H groups in total. The molecule has 122 valence electrons. The summed E-state index contributed by atoms with van der Waals surface area (Å²) in [6.07, 6.45) is 3.05. The number of primary sulfonamides is 1. The number of methoxy groups -OCH3 is 1. The molecule has 0 aliphatic heterocycles. The van der Waals surface area contributed by atoms with Gasteiger partial charge in [-0.3, -0.25) is 4.98 Å². The molecule has 0 saturated carbocycles. The van der Waals surface area contributed by atoms with Gasteiger partial charge in [-0.15, -0.1) is 0 Å². The van der Waals surface area contributed by atoms with E-state index in [0.29, 0.717) is 28.1 Å². The third-order valence-electron chi connectivity index (χ3n) is 3.47. The zero-order valence-electron chi connectivity index (χ0n) is 12.9. The summed E-state index contributed by atoms with van der Waals surface area (Å²) < 4.78 is 29.5. The first-order chi connectivity index (χ1) is 11.5. The monoisotopic (exact) mass is 341 g/mol. The summed E-state index contributed by atoms with van der Waals surface area (Å²) in [6.45, 7) is 0. The summed E-state index contributed by atoms with van der Waals surface area (Å²) in [5.74, 6) is 0.360. The maximum atomic E-state index is 12.0. The first kappa shape index (κ1) is 16.1. The summed E-state index contributed by atoms with van der Waals surface area (Å²) in [5.41, 5.74) is 2.18. The minimum atomic E-state index is -4.02. The molecule has 2 aromatic heterocycles. The number of ether oxygens (including phenoxy) is 1. The average Bonchev–Trinajstić information content (AvgIpc) is 2.61. The van der Waals surface area contributed by atoms with Gasteiger partial charge in [0.05, 0.1) is 23.9 Å². The highest BCUT2D eigenvalue weighted by atomic mass is 32.2. The Morgan fingerprint density at radius 1 is 1.00 bits per heavy atom. The van der Waals surface area contributed by atoms with E-state index in [1.54, 1.807) is 42.6 Å². The molecular formula is C17H15N3O3S. The van der Waals surface area contributed by atoms with Crippen molar-refractivity contribution in [1.82, 2.24) is 9.97 Å². The number of pyridine rings is 2. The molecule has 3 aromatic rings. The molecule has 1 aromatic carbocycles. The SMILES string of the molecule is COc1c(-c2ccccn2)cnc(S(N)(=O)=O)c1-c1ccccc1. The van der Waals surface area contributed by atoms with E-state index in [1.807, 2.05) is 12.1 Å². The van der Waals surface area contributed by atoms with Gasteiger partial charge in [0.1, 0.15) is 5.75 Å². The lowest BCUT2D eigenvalue weighted by Gasteiger charge is -2.16. The lowest BCUT2D eigenvalue weighted by molar-refractivity contribution is 0.416. The molecule has 0 fully saturated rings. The van der Waals surface area contributed by atoms with E-state index in [4.69, 9.17) is 9.88 Å². The van der Waals surface area contributed by atoms with Crippen LogP contribution in [0.5, 0.6) is 5.75 Å². The second-order valence-corrected chi connectivity index (χ2v) is 6.49. The van der Waals surface area contributed by atoms with Crippen LogP contribution in [0, 0.1) is 0 Å². The Morgan fingerprint density at radius 3 is 2.29 bits per heavy atom. The highest BCUT2D eigenvalue weighted by Crippen LogP contribution is 2.40. The number of sulfonamides is 1. The molecule has 0 bridgehead atoms. The van der Waals surface area contributed by atoms with Gasteiger partial charge < -0.3 is 4.74 Å². The molecule has 24 heavy (non-hydrogen) atoms. The molecule has 7 heteroatoms. The van der Waals surface area contributed by atoms with E-state index in [2.05, 4.69) is 9.97 Å². The Hall–Kier alpha value is -2.77. The minimum absolute atomic E-state index is 0.231. The van der Waals surface area contributed by atoms with Crippen molar-refractivity contribution in [2.45, 2.75) is 5.03 Å². The predicted octanol–water partition coefficient (Wildman–Crippen LogP) is 2.47. The fourth-order valence-corrected chi connectivity index (χ4v) is 3.16. The number of rotatable bonds is 4. The molecule has 0 aliphatic rings. The molecule has 3 rings (SSSR count). The number of benzene rings is 1. The number of nitrogens with two attached hydrogens (primary N) is 1. The third kappa shape index (κ3) is 2.99. The largest absolute Gasteiger partial charge is 0.495 e. The number of aromatic nitrogens is 2. The van der Waals surface area contributed by atoms with Crippen LogP contribution in [0.3, 0.4) is 0 Å². The van der Waals surface area contributed by atoms with Crippen molar-refractivity contribution in [3.8, 4) is 28.1 Å². The molecule has 0 aliphatic carbocycles. The Bertz CT molecular complexity index is 959. The summed E-state index contributed by atoms with van der Waals surface area (Å²) >= 11 is 0. The molecule has 0 radical (unpaired) electrons. The predicted molar refractivity (Wildman–Crippen MR) is 90.8 cm³/mol. The Labute approximate surface area is 140 Å². The molecule has 6 nitrogen and oxygen atoms in total. The van der Waals surface area contributed by atoms with E-state index in [-0.39, 0.29) is 5.03 Å². The topological polar surface area (TPSA) is 95.2 Å². The quantitative estimate of drug-likeness (QED) is 0.786. The van der Waals surface area contributed by atoms with Crippen LogP contribution in [0.15, 0.2) is 66.0 Å². The van der Waals surface area contributed by atoms with Crippen LogP contribution in [0.4, 0.5) is 0 Å². The van der Waals surface area contributed by atoms with Crippen molar-refractivity contribution in [3.63, 3.8) is 0 Å². The van der Waals surface area contributed by atoms with Gasteiger partial charge in [0, 0.05) is 12.4 Å². The lowest BCUT2D eigenvalue weighted by Crippen LogP contribution is -2.16. The van der Waals surface area contributed by atoms with E-state index < -0.39 is 10.0 Å². The van der Waals surface area contributed by atoms with Gasteiger partial charge in [0.2, 0.25) is 0 Å². The standard InChI is InChI=1S/C17H15N3O3S/c1-23-16-13(14-9-5-6-10-19-14)11-20-17(24(18,21)22)15(16)12-7-3-2-4-8-12/h2-11H,1H3,(H2,18,21,22). The Kier molecular flexibility index (Phi) is 4.28. The van der Waals surface area contributed by atoms with Gasteiger partial charge in [-0.1, -0.05) is 36.4 Å². The van der Waals surface area contributed by atoms with Gasteiger partial charge >= 0.3 is 0 Å². The second kappa shape index (κ2) is 6.38. The summed E-state index contributed by atoms with van der Waals surface area (Å²) in [5, 5.41) is 5.11. The third-order valence-corrected chi connectivity index (χ3v) is 4.32. The Morgan fingerprint density at radius 2 is 1.71 bits per heavy atom. The smallest absolute Gasteiger partial charge is 0.256 e. The van der Waals surface area contributed by atoms with E-state index in [0.717, 1.165) is 0 Å². The molecular weight excluding hydrogens is 326 g/mol. The molecule has 0 spiro atoms. The zero-order chi connectivity index (χ0) is 17.2.